The molecule has 1 fully saturated rings. The van der Waals surface area contributed by atoms with Gasteiger partial charge in [-0.05, 0) is 37.0 Å². The molecule has 1 aliphatic carbocycles. The Morgan fingerprint density at radius 3 is 2.44 bits per heavy atom. The maximum atomic E-state index is 6.16. The Labute approximate surface area is 112 Å². The molecule has 0 saturated heterocycles. The molecule has 3 heteroatoms. The minimum atomic E-state index is 0.203. The van der Waals surface area contributed by atoms with Crippen molar-refractivity contribution in [2.45, 2.75) is 65.5 Å². The van der Waals surface area contributed by atoms with Crippen LogP contribution in [-0.2, 0) is 9.47 Å². The third kappa shape index (κ3) is 5.25. The number of nitrogens with two attached hydrogens (primary N) is 1. The fourth-order valence-corrected chi connectivity index (χ4v) is 2.64. The Balaban J connectivity index is 2.29. The van der Waals surface area contributed by atoms with Gasteiger partial charge in [0, 0.05) is 12.6 Å². The van der Waals surface area contributed by atoms with Crippen LogP contribution in [0.1, 0.15) is 53.4 Å². The average Bonchev–Trinajstić information content (AvgIpc) is 2.29. The Morgan fingerprint density at radius 1 is 1.11 bits per heavy atom. The first-order chi connectivity index (χ1) is 8.45. The molecule has 0 aliphatic heterocycles. The zero-order valence-corrected chi connectivity index (χ0v) is 12.6. The van der Waals surface area contributed by atoms with Gasteiger partial charge in [0.15, 0.2) is 0 Å². The lowest BCUT2D eigenvalue weighted by molar-refractivity contribution is -0.0413. The van der Waals surface area contributed by atoms with Crippen LogP contribution in [0, 0.1) is 11.3 Å². The summed E-state index contributed by atoms with van der Waals surface area (Å²) in [4.78, 5) is 0. The Bertz CT molecular complexity index is 225. The summed E-state index contributed by atoms with van der Waals surface area (Å²) in [6.07, 6.45) is 4.69. The van der Waals surface area contributed by atoms with Gasteiger partial charge in [-0.15, -0.1) is 0 Å². The third-order valence-corrected chi connectivity index (χ3v) is 3.98. The van der Waals surface area contributed by atoms with E-state index in [2.05, 4.69) is 27.7 Å². The molecule has 2 N–H and O–H groups in total. The molecule has 0 spiro atoms. The number of ether oxygens (including phenoxy) is 2. The van der Waals surface area contributed by atoms with E-state index in [9.17, 15) is 0 Å². The van der Waals surface area contributed by atoms with Crippen molar-refractivity contribution in [3.63, 3.8) is 0 Å². The highest BCUT2D eigenvalue weighted by Gasteiger charge is 2.34. The minimum absolute atomic E-state index is 0.203. The van der Waals surface area contributed by atoms with Crippen molar-refractivity contribution >= 4 is 0 Å². The molecule has 0 aromatic carbocycles. The van der Waals surface area contributed by atoms with Gasteiger partial charge >= 0.3 is 0 Å². The smallest absolute Gasteiger partial charge is 0.0729 e. The number of rotatable bonds is 6. The summed E-state index contributed by atoms with van der Waals surface area (Å²) in [5.41, 5.74) is 6.52. The van der Waals surface area contributed by atoms with Crippen LogP contribution >= 0.6 is 0 Å². The molecule has 1 rings (SSSR count). The van der Waals surface area contributed by atoms with Gasteiger partial charge in [0.05, 0.1) is 19.3 Å². The topological polar surface area (TPSA) is 44.5 Å². The largest absolute Gasteiger partial charge is 0.379 e. The molecule has 0 bridgehead atoms. The molecule has 0 amide bonds. The highest BCUT2D eigenvalue weighted by Crippen LogP contribution is 2.38. The van der Waals surface area contributed by atoms with Crippen LogP contribution in [-0.4, -0.2) is 32.0 Å². The van der Waals surface area contributed by atoms with Crippen LogP contribution in [0.15, 0.2) is 0 Å². The molecular weight excluding hydrogens is 226 g/mol. The molecule has 1 saturated carbocycles. The van der Waals surface area contributed by atoms with Gasteiger partial charge in [0.1, 0.15) is 0 Å². The van der Waals surface area contributed by atoms with Crippen molar-refractivity contribution in [1.82, 2.24) is 0 Å². The zero-order valence-electron chi connectivity index (χ0n) is 12.6. The summed E-state index contributed by atoms with van der Waals surface area (Å²) >= 11 is 0. The average molecular weight is 257 g/mol. The predicted molar refractivity (Wildman–Crippen MR) is 75.6 cm³/mol. The molecule has 0 aromatic rings. The van der Waals surface area contributed by atoms with Crippen molar-refractivity contribution < 1.29 is 9.47 Å². The van der Waals surface area contributed by atoms with Gasteiger partial charge in [0.25, 0.3) is 0 Å². The van der Waals surface area contributed by atoms with E-state index < -0.39 is 0 Å². The summed E-state index contributed by atoms with van der Waals surface area (Å²) in [5.74, 6) is 0.721. The van der Waals surface area contributed by atoms with E-state index in [0.717, 1.165) is 31.8 Å². The van der Waals surface area contributed by atoms with E-state index in [1.54, 1.807) is 0 Å². The van der Waals surface area contributed by atoms with E-state index >= 15 is 0 Å². The second-order valence-electron chi connectivity index (χ2n) is 6.56. The van der Waals surface area contributed by atoms with Gasteiger partial charge in [-0.2, -0.15) is 0 Å². The zero-order chi connectivity index (χ0) is 13.6. The molecule has 0 radical (unpaired) electrons. The van der Waals surface area contributed by atoms with E-state index in [0.29, 0.717) is 18.6 Å². The first kappa shape index (κ1) is 15.9. The first-order valence-corrected chi connectivity index (χ1v) is 7.40. The van der Waals surface area contributed by atoms with E-state index in [-0.39, 0.29) is 12.1 Å². The molecule has 0 heterocycles. The molecular formula is C15H31NO2. The molecule has 0 aromatic heterocycles. The fourth-order valence-electron chi connectivity index (χ4n) is 2.64. The fraction of sp³-hybridized carbons (Fsp3) is 1.00. The van der Waals surface area contributed by atoms with Crippen molar-refractivity contribution in [2.75, 3.05) is 19.8 Å². The van der Waals surface area contributed by atoms with E-state index in [1.807, 2.05) is 0 Å². The SMILES string of the molecule is CCCOCCOC1CC(C(C)(C)C)CCC1N. The molecule has 1 aliphatic rings. The normalized spacial score (nSPS) is 29.5. The van der Waals surface area contributed by atoms with Crippen LogP contribution in [0.4, 0.5) is 0 Å². The maximum Gasteiger partial charge on any atom is 0.0729 e. The summed E-state index contributed by atoms with van der Waals surface area (Å²) in [6, 6.07) is 0.203. The van der Waals surface area contributed by atoms with E-state index in [4.69, 9.17) is 15.2 Å². The highest BCUT2D eigenvalue weighted by molar-refractivity contribution is 4.88. The third-order valence-electron chi connectivity index (χ3n) is 3.98. The van der Waals surface area contributed by atoms with Gasteiger partial charge < -0.3 is 15.2 Å². The van der Waals surface area contributed by atoms with Crippen LogP contribution in [0.25, 0.3) is 0 Å². The van der Waals surface area contributed by atoms with Crippen LogP contribution in [0.5, 0.6) is 0 Å². The summed E-state index contributed by atoms with van der Waals surface area (Å²) < 4.78 is 11.4. The molecule has 108 valence electrons. The molecule has 18 heavy (non-hydrogen) atoms. The van der Waals surface area contributed by atoms with Gasteiger partial charge in [-0.3, -0.25) is 0 Å². The van der Waals surface area contributed by atoms with Crippen molar-refractivity contribution in [2.24, 2.45) is 17.1 Å². The summed E-state index contributed by atoms with van der Waals surface area (Å²) in [5, 5.41) is 0. The highest BCUT2D eigenvalue weighted by atomic mass is 16.5. The lowest BCUT2D eigenvalue weighted by atomic mass is 9.70. The van der Waals surface area contributed by atoms with Crippen molar-refractivity contribution in [1.29, 1.82) is 0 Å². The summed E-state index contributed by atoms with van der Waals surface area (Å²) in [6.45, 7) is 11.3. The second-order valence-corrected chi connectivity index (χ2v) is 6.56. The summed E-state index contributed by atoms with van der Waals surface area (Å²) in [7, 11) is 0. The van der Waals surface area contributed by atoms with Gasteiger partial charge in [-0.25, -0.2) is 0 Å². The van der Waals surface area contributed by atoms with Gasteiger partial charge in [-0.1, -0.05) is 27.7 Å². The lowest BCUT2D eigenvalue weighted by Gasteiger charge is -2.40. The second kappa shape index (κ2) is 7.46. The minimum Gasteiger partial charge on any atom is -0.379 e. The predicted octanol–water partition coefficient (Wildman–Crippen LogP) is 2.97. The molecule has 3 nitrogen and oxygen atoms in total. The lowest BCUT2D eigenvalue weighted by Crippen LogP contribution is -2.45. The Morgan fingerprint density at radius 2 is 1.83 bits per heavy atom. The molecule has 3 atom stereocenters. The number of hydrogen-bond donors (Lipinski definition) is 1. The first-order valence-electron chi connectivity index (χ1n) is 7.40. The standard InChI is InChI=1S/C15H31NO2/c1-5-8-17-9-10-18-14-11-12(15(2,3)4)6-7-13(14)16/h12-14H,5-11,16H2,1-4H3. The van der Waals surface area contributed by atoms with Gasteiger partial charge in [0.2, 0.25) is 0 Å². The van der Waals surface area contributed by atoms with Crippen LogP contribution < -0.4 is 5.73 Å². The van der Waals surface area contributed by atoms with Crippen molar-refractivity contribution in [3.8, 4) is 0 Å². The number of hydrogen-bond acceptors (Lipinski definition) is 3. The molecule has 3 unspecified atom stereocenters. The van der Waals surface area contributed by atoms with Crippen LogP contribution in [0.2, 0.25) is 0 Å². The van der Waals surface area contributed by atoms with Crippen LogP contribution in [0.3, 0.4) is 0 Å². The van der Waals surface area contributed by atoms with Crippen molar-refractivity contribution in [3.05, 3.63) is 0 Å². The Hall–Kier alpha value is -0.120. The maximum absolute atomic E-state index is 6.16. The van der Waals surface area contributed by atoms with E-state index in [1.165, 1.54) is 6.42 Å². The quantitative estimate of drug-likeness (QED) is 0.744. The monoisotopic (exact) mass is 257 g/mol. The Kier molecular flexibility index (Phi) is 6.61.